The predicted molar refractivity (Wildman–Crippen MR) is 191 cm³/mol. The summed E-state index contributed by atoms with van der Waals surface area (Å²) in [4.78, 5) is 51.9. The average molecular weight is 672 g/mol. The van der Waals surface area contributed by atoms with Crippen LogP contribution in [0.5, 0.6) is 0 Å². The van der Waals surface area contributed by atoms with Crippen molar-refractivity contribution in [2.45, 2.75) is 5.60 Å². The molecule has 2 aliphatic carbocycles. The zero-order chi connectivity index (χ0) is 35.0. The molecule has 2 bridgehead atoms. The van der Waals surface area contributed by atoms with Crippen molar-refractivity contribution < 1.29 is 24.2 Å². The van der Waals surface area contributed by atoms with Crippen molar-refractivity contribution in [3.8, 4) is 0 Å². The highest BCUT2D eigenvalue weighted by Gasteiger charge is 2.67. The molecule has 2 aromatic heterocycles. The Kier molecular flexibility index (Phi) is 8.29. The van der Waals surface area contributed by atoms with Crippen LogP contribution in [0.4, 0.5) is 0 Å². The molecular formula is C43H33N3O5. The minimum Gasteiger partial charge on any atom is -0.441 e. The topological polar surface area (TPSA) is 110 Å². The van der Waals surface area contributed by atoms with Crippen LogP contribution in [0.1, 0.15) is 28.1 Å². The van der Waals surface area contributed by atoms with Gasteiger partial charge < -0.3 is 9.84 Å². The molecule has 8 heteroatoms. The second-order valence-corrected chi connectivity index (χ2v) is 12.8. The average Bonchev–Trinajstić information content (AvgIpc) is 3.80. The molecule has 3 aliphatic rings. The van der Waals surface area contributed by atoms with Crippen molar-refractivity contribution in [3.05, 3.63) is 191 Å². The number of allylic oxidation sites excluding steroid dienone is 2. The molecule has 8 nitrogen and oxygen atoms in total. The van der Waals surface area contributed by atoms with E-state index in [2.05, 4.69) is 4.98 Å². The van der Waals surface area contributed by atoms with Crippen LogP contribution in [0.15, 0.2) is 163 Å². The van der Waals surface area contributed by atoms with Gasteiger partial charge in [0.1, 0.15) is 0 Å². The Balaban J connectivity index is 1.24. The monoisotopic (exact) mass is 671 g/mol. The van der Waals surface area contributed by atoms with Crippen molar-refractivity contribution in [1.82, 2.24) is 14.9 Å². The number of rotatable bonds is 9. The van der Waals surface area contributed by atoms with Gasteiger partial charge in [-0.3, -0.25) is 19.6 Å². The Bertz CT molecular complexity index is 2100. The fourth-order valence-electron chi connectivity index (χ4n) is 7.94. The minimum absolute atomic E-state index is 0.401. The molecule has 0 radical (unpaired) electrons. The first-order valence-electron chi connectivity index (χ1n) is 16.8. The van der Waals surface area contributed by atoms with E-state index in [1.165, 1.54) is 6.08 Å². The number of aromatic nitrogens is 2. The SMILES string of the molecule is O=C(C=Cc1ccccc1)OCN1C(=O)C2C3C=C(C(O)(c4ccccc4)c4ccccn4)C(C3=C(c3ccccc3)c3ccccn3)C2C1=O. The number of carbonyl (C=O) groups is 3. The lowest BCUT2D eigenvalue weighted by atomic mass is 9.71. The van der Waals surface area contributed by atoms with Crippen LogP contribution in [0.2, 0.25) is 0 Å². The smallest absolute Gasteiger partial charge is 0.332 e. The van der Waals surface area contributed by atoms with Crippen LogP contribution in [-0.4, -0.2) is 44.5 Å². The lowest BCUT2D eigenvalue weighted by Crippen LogP contribution is -2.39. The zero-order valence-corrected chi connectivity index (χ0v) is 27.4. The normalized spacial score (nSPS) is 22.8. The van der Waals surface area contributed by atoms with E-state index in [4.69, 9.17) is 9.72 Å². The summed E-state index contributed by atoms with van der Waals surface area (Å²) in [5.41, 5.74) is 3.88. The summed E-state index contributed by atoms with van der Waals surface area (Å²) in [5.74, 6) is -4.40. The van der Waals surface area contributed by atoms with Gasteiger partial charge in [-0.25, -0.2) is 9.69 Å². The lowest BCUT2D eigenvalue weighted by Gasteiger charge is -2.36. The number of amides is 2. The Morgan fingerprint density at radius 1 is 0.765 bits per heavy atom. The number of aliphatic hydroxyl groups is 1. The molecule has 51 heavy (non-hydrogen) atoms. The largest absolute Gasteiger partial charge is 0.441 e. The summed E-state index contributed by atoms with van der Waals surface area (Å²) >= 11 is 0. The molecule has 5 atom stereocenters. The third kappa shape index (κ3) is 5.50. The maximum Gasteiger partial charge on any atom is 0.332 e. The third-order valence-corrected chi connectivity index (χ3v) is 10.1. The van der Waals surface area contributed by atoms with Crippen molar-refractivity contribution in [2.24, 2.45) is 23.7 Å². The first kappa shape index (κ1) is 32.0. The van der Waals surface area contributed by atoms with E-state index in [1.54, 1.807) is 30.6 Å². The number of likely N-dealkylation sites (tertiary alicyclic amines) is 1. The fraction of sp³-hybridized carbons (Fsp3) is 0.140. The van der Waals surface area contributed by atoms with Gasteiger partial charge >= 0.3 is 5.97 Å². The Labute approximate surface area is 295 Å². The maximum atomic E-state index is 14.5. The summed E-state index contributed by atoms with van der Waals surface area (Å²) in [6.07, 6.45) is 8.20. The van der Waals surface area contributed by atoms with Gasteiger partial charge in [-0.15, -0.1) is 0 Å². The first-order chi connectivity index (χ1) is 25.0. The second kappa shape index (κ2) is 13.2. The van der Waals surface area contributed by atoms with E-state index in [0.717, 1.165) is 27.2 Å². The van der Waals surface area contributed by atoms with E-state index in [1.807, 2.05) is 121 Å². The lowest BCUT2D eigenvalue weighted by molar-refractivity contribution is -0.153. The highest BCUT2D eigenvalue weighted by molar-refractivity contribution is 6.08. The Morgan fingerprint density at radius 2 is 1.39 bits per heavy atom. The van der Waals surface area contributed by atoms with E-state index < -0.39 is 53.8 Å². The maximum absolute atomic E-state index is 14.5. The molecule has 8 rings (SSSR count). The highest BCUT2D eigenvalue weighted by atomic mass is 16.5. The summed E-state index contributed by atoms with van der Waals surface area (Å²) in [7, 11) is 0. The predicted octanol–water partition coefficient (Wildman–Crippen LogP) is 6.22. The van der Waals surface area contributed by atoms with Crippen LogP contribution < -0.4 is 0 Å². The molecule has 5 unspecified atom stereocenters. The van der Waals surface area contributed by atoms with Crippen LogP contribution in [0.3, 0.4) is 0 Å². The zero-order valence-electron chi connectivity index (χ0n) is 27.4. The quantitative estimate of drug-likeness (QED) is 0.0859. The number of hydrogen-bond acceptors (Lipinski definition) is 7. The Morgan fingerprint density at radius 3 is 2.06 bits per heavy atom. The van der Waals surface area contributed by atoms with E-state index in [-0.39, 0.29) is 0 Å². The highest BCUT2D eigenvalue weighted by Crippen LogP contribution is 2.64. The Hall–Kier alpha value is -6.25. The number of esters is 1. The molecule has 5 aromatic rings. The van der Waals surface area contributed by atoms with Crippen LogP contribution in [0.25, 0.3) is 11.6 Å². The number of fused-ring (bicyclic) bond motifs is 5. The summed E-state index contributed by atoms with van der Waals surface area (Å²) in [5, 5.41) is 13.0. The number of nitrogens with zero attached hydrogens (tertiary/aromatic N) is 3. The van der Waals surface area contributed by atoms with Gasteiger partial charge in [0.05, 0.1) is 23.2 Å². The molecule has 3 heterocycles. The molecule has 2 amide bonds. The number of hydrogen-bond donors (Lipinski definition) is 1. The van der Waals surface area contributed by atoms with Crippen molar-refractivity contribution >= 4 is 29.4 Å². The summed E-state index contributed by atoms with van der Waals surface area (Å²) in [6.45, 7) is -0.509. The van der Waals surface area contributed by atoms with E-state index in [0.29, 0.717) is 22.5 Å². The number of benzene rings is 3. The van der Waals surface area contributed by atoms with Crippen molar-refractivity contribution in [2.75, 3.05) is 6.73 Å². The van der Waals surface area contributed by atoms with Gasteiger partial charge in [0, 0.05) is 35.9 Å². The van der Waals surface area contributed by atoms with Crippen molar-refractivity contribution in [3.63, 3.8) is 0 Å². The third-order valence-electron chi connectivity index (χ3n) is 10.1. The van der Waals surface area contributed by atoms with Gasteiger partial charge in [-0.05, 0) is 58.2 Å². The van der Waals surface area contributed by atoms with Gasteiger partial charge in [0.15, 0.2) is 12.3 Å². The van der Waals surface area contributed by atoms with Crippen LogP contribution >= 0.6 is 0 Å². The van der Waals surface area contributed by atoms with Crippen LogP contribution in [0, 0.1) is 23.7 Å². The number of carbonyl (C=O) groups excluding carboxylic acids is 3. The number of pyridine rings is 2. The standard InChI is InChI=1S/C43H33N3O5/c47-35(23-22-28-14-4-1-5-15-28)51-27-46-41(48)38-31-26-32(43(50,30-18-8-3-9-19-30)34-21-11-13-25-45-34)39(40(38)42(46)49)37(31)36(29-16-6-2-7-17-29)33-20-10-12-24-44-33/h1-26,31,38-40,50H,27H2. The first-order valence-corrected chi connectivity index (χ1v) is 16.8. The molecule has 2 fully saturated rings. The van der Waals surface area contributed by atoms with Gasteiger partial charge in [-0.1, -0.05) is 109 Å². The van der Waals surface area contributed by atoms with E-state index >= 15 is 0 Å². The number of imide groups is 1. The molecule has 1 aliphatic heterocycles. The molecule has 1 saturated heterocycles. The van der Waals surface area contributed by atoms with Gasteiger partial charge in [0.25, 0.3) is 0 Å². The second-order valence-electron chi connectivity index (χ2n) is 12.8. The molecule has 3 aromatic carbocycles. The molecule has 0 spiro atoms. The minimum atomic E-state index is -1.73. The fourth-order valence-corrected chi connectivity index (χ4v) is 7.94. The van der Waals surface area contributed by atoms with Crippen LogP contribution in [-0.2, 0) is 24.7 Å². The van der Waals surface area contributed by atoms with Gasteiger partial charge in [-0.2, -0.15) is 0 Å². The molecule has 1 N–H and O–H groups in total. The van der Waals surface area contributed by atoms with Crippen molar-refractivity contribution in [1.29, 1.82) is 0 Å². The van der Waals surface area contributed by atoms with E-state index in [9.17, 15) is 19.5 Å². The molecule has 250 valence electrons. The van der Waals surface area contributed by atoms with Gasteiger partial charge in [0.2, 0.25) is 11.8 Å². The number of ether oxygens (including phenoxy) is 1. The molecule has 1 saturated carbocycles. The summed E-state index contributed by atoms with van der Waals surface area (Å²) < 4.78 is 5.45. The summed E-state index contributed by atoms with van der Waals surface area (Å²) in [6, 6.07) is 39.4. The molecular weight excluding hydrogens is 638 g/mol.